The monoisotopic (exact) mass is 373 g/mol. The highest BCUT2D eigenvalue weighted by Crippen LogP contribution is 2.25. The Kier molecular flexibility index (Phi) is 5.41. The number of aromatic amines is 1. The average molecular weight is 374 g/mol. The lowest BCUT2D eigenvalue weighted by molar-refractivity contribution is 0.0661. The molecule has 0 bridgehead atoms. The summed E-state index contributed by atoms with van der Waals surface area (Å²) < 4.78 is 5.29. The van der Waals surface area contributed by atoms with Crippen LogP contribution in [0.5, 0.6) is 5.75 Å². The minimum Gasteiger partial charge on any atom is -0.497 e. The van der Waals surface area contributed by atoms with E-state index in [9.17, 15) is 4.79 Å². The van der Waals surface area contributed by atoms with Crippen LogP contribution in [0.15, 0.2) is 24.3 Å². The van der Waals surface area contributed by atoms with Crippen molar-refractivity contribution in [2.45, 2.75) is 25.3 Å². The number of carbonyl (C=O) groups excluding carboxylic acids is 1. The smallest absolute Gasteiger partial charge is 0.270 e. The highest BCUT2D eigenvalue weighted by molar-refractivity contribution is 7.99. The van der Waals surface area contributed by atoms with Crippen LogP contribution in [0.2, 0.25) is 0 Å². The van der Waals surface area contributed by atoms with E-state index in [4.69, 9.17) is 4.74 Å². The summed E-state index contributed by atoms with van der Waals surface area (Å²) in [5.74, 6) is 3.11. The first kappa shape index (κ1) is 17.7. The molecule has 0 saturated carbocycles. The Morgan fingerprint density at radius 3 is 2.88 bits per heavy atom. The van der Waals surface area contributed by atoms with Gasteiger partial charge in [-0.1, -0.05) is 0 Å². The first-order valence-electron chi connectivity index (χ1n) is 9.52. The number of hydrogen-bond acceptors (Lipinski definition) is 4. The summed E-state index contributed by atoms with van der Waals surface area (Å²) in [5, 5.41) is 1.05. The van der Waals surface area contributed by atoms with Gasteiger partial charge in [0, 0.05) is 35.8 Å². The molecule has 5 nitrogen and oxygen atoms in total. The number of benzene rings is 1. The van der Waals surface area contributed by atoms with Crippen LogP contribution in [-0.4, -0.2) is 71.5 Å². The molecule has 2 saturated heterocycles. The summed E-state index contributed by atoms with van der Waals surface area (Å²) in [6.07, 6.45) is 3.65. The maximum absolute atomic E-state index is 13.3. The van der Waals surface area contributed by atoms with Gasteiger partial charge in [-0.05, 0) is 56.3 Å². The maximum Gasteiger partial charge on any atom is 0.270 e. The number of rotatable bonds is 4. The predicted molar refractivity (Wildman–Crippen MR) is 107 cm³/mol. The predicted octanol–water partition coefficient (Wildman–Crippen LogP) is 3.22. The van der Waals surface area contributed by atoms with E-state index in [1.165, 1.54) is 25.9 Å². The Hall–Kier alpha value is -1.66. The van der Waals surface area contributed by atoms with Crippen molar-refractivity contribution in [1.29, 1.82) is 0 Å². The largest absolute Gasteiger partial charge is 0.497 e. The zero-order valence-electron chi connectivity index (χ0n) is 15.4. The van der Waals surface area contributed by atoms with Crippen molar-refractivity contribution < 1.29 is 9.53 Å². The molecule has 0 spiro atoms. The van der Waals surface area contributed by atoms with Gasteiger partial charge in [-0.25, -0.2) is 0 Å². The van der Waals surface area contributed by atoms with Gasteiger partial charge in [0.2, 0.25) is 0 Å². The maximum atomic E-state index is 13.3. The number of amides is 1. The third-order valence-corrected chi connectivity index (χ3v) is 6.63. The number of nitrogens with one attached hydrogen (secondary N) is 1. The summed E-state index contributed by atoms with van der Waals surface area (Å²) in [6, 6.07) is 8.16. The number of thioether (sulfide) groups is 1. The second-order valence-corrected chi connectivity index (χ2v) is 8.37. The Morgan fingerprint density at radius 2 is 2.08 bits per heavy atom. The number of aromatic nitrogens is 1. The minimum absolute atomic E-state index is 0.131. The van der Waals surface area contributed by atoms with E-state index in [1.807, 2.05) is 36.0 Å². The van der Waals surface area contributed by atoms with E-state index in [-0.39, 0.29) is 5.91 Å². The molecule has 3 heterocycles. The van der Waals surface area contributed by atoms with Crippen molar-refractivity contribution in [1.82, 2.24) is 14.8 Å². The SMILES string of the molecule is COc1ccc2cc(C(=O)N3CCCSCC3CN3CCCC3)[nH]c2c1. The number of H-pyrrole nitrogens is 1. The third kappa shape index (κ3) is 3.71. The number of fused-ring (bicyclic) bond motifs is 1. The van der Waals surface area contributed by atoms with Gasteiger partial charge in [0.05, 0.1) is 13.2 Å². The van der Waals surface area contributed by atoms with Crippen LogP contribution < -0.4 is 4.74 Å². The summed E-state index contributed by atoms with van der Waals surface area (Å²) in [5.41, 5.74) is 1.64. The van der Waals surface area contributed by atoms with Crippen LogP contribution in [0, 0.1) is 0 Å². The molecule has 1 atom stereocenters. The Labute approximate surface area is 159 Å². The molecule has 2 aliphatic rings. The number of likely N-dealkylation sites (tertiary alicyclic amines) is 1. The molecule has 1 N–H and O–H groups in total. The fourth-order valence-corrected chi connectivity index (χ4v) is 5.07. The lowest BCUT2D eigenvalue weighted by atomic mass is 10.2. The molecule has 2 aromatic rings. The third-order valence-electron chi connectivity index (χ3n) is 5.43. The molecule has 4 rings (SSSR count). The fourth-order valence-electron chi connectivity index (χ4n) is 4.01. The van der Waals surface area contributed by atoms with Crippen molar-refractivity contribution in [2.75, 3.05) is 44.8 Å². The molecule has 140 valence electrons. The van der Waals surface area contributed by atoms with Gasteiger partial charge in [-0.15, -0.1) is 0 Å². The second kappa shape index (κ2) is 7.92. The van der Waals surface area contributed by atoms with Crippen LogP contribution >= 0.6 is 11.8 Å². The van der Waals surface area contributed by atoms with E-state index in [0.717, 1.165) is 47.7 Å². The summed E-state index contributed by atoms with van der Waals surface area (Å²) in [6.45, 7) is 4.21. The summed E-state index contributed by atoms with van der Waals surface area (Å²) in [7, 11) is 1.66. The molecule has 26 heavy (non-hydrogen) atoms. The zero-order valence-corrected chi connectivity index (χ0v) is 16.2. The van der Waals surface area contributed by atoms with Gasteiger partial charge in [0.1, 0.15) is 11.4 Å². The van der Waals surface area contributed by atoms with Crippen LogP contribution in [0.1, 0.15) is 29.8 Å². The average Bonchev–Trinajstić information content (AvgIpc) is 3.26. The highest BCUT2D eigenvalue weighted by atomic mass is 32.2. The molecule has 1 aromatic heterocycles. The van der Waals surface area contributed by atoms with Crippen molar-refractivity contribution in [3.05, 3.63) is 30.0 Å². The van der Waals surface area contributed by atoms with Crippen LogP contribution in [0.4, 0.5) is 0 Å². The van der Waals surface area contributed by atoms with Gasteiger partial charge < -0.3 is 19.5 Å². The molecule has 1 unspecified atom stereocenters. The number of hydrogen-bond donors (Lipinski definition) is 1. The van der Waals surface area contributed by atoms with Gasteiger partial charge in [-0.2, -0.15) is 11.8 Å². The molecule has 2 aliphatic heterocycles. The Bertz CT molecular complexity index is 770. The van der Waals surface area contributed by atoms with Crippen molar-refractivity contribution in [3.8, 4) is 5.75 Å². The van der Waals surface area contributed by atoms with Crippen molar-refractivity contribution >= 4 is 28.6 Å². The van der Waals surface area contributed by atoms with Crippen LogP contribution in [0.25, 0.3) is 10.9 Å². The molecule has 0 radical (unpaired) electrons. The molecule has 1 amide bonds. The van der Waals surface area contributed by atoms with Crippen LogP contribution in [0.3, 0.4) is 0 Å². The topological polar surface area (TPSA) is 48.6 Å². The van der Waals surface area contributed by atoms with Gasteiger partial charge in [0.25, 0.3) is 5.91 Å². The van der Waals surface area contributed by atoms with E-state index in [1.54, 1.807) is 7.11 Å². The number of methoxy groups -OCH3 is 1. The first-order valence-corrected chi connectivity index (χ1v) is 10.7. The van der Waals surface area contributed by atoms with E-state index < -0.39 is 0 Å². The quantitative estimate of drug-likeness (QED) is 0.894. The molecule has 6 heteroatoms. The standard InChI is InChI=1S/C20H27N3O2S/c1-25-17-6-5-15-11-19(21-18(15)12-17)20(24)23-9-4-10-26-14-16(23)13-22-7-2-3-8-22/h5-6,11-12,16,21H,2-4,7-10,13-14H2,1H3. The van der Waals surface area contributed by atoms with Crippen molar-refractivity contribution in [2.24, 2.45) is 0 Å². The van der Waals surface area contributed by atoms with Crippen molar-refractivity contribution in [3.63, 3.8) is 0 Å². The number of carbonyl (C=O) groups is 1. The lowest BCUT2D eigenvalue weighted by Gasteiger charge is -2.32. The molecular formula is C20H27N3O2S. The lowest BCUT2D eigenvalue weighted by Crippen LogP contribution is -2.47. The summed E-state index contributed by atoms with van der Waals surface area (Å²) >= 11 is 1.99. The van der Waals surface area contributed by atoms with E-state index >= 15 is 0 Å². The van der Waals surface area contributed by atoms with Gasteiger partial charge in [-0.3, -0.25) is 4.79 Å². The van der Waals surface area contributed by atoms with E-state index in [2.05, 4.69) is 14.8 Å². The van der Waals surface area contributed by atoms with Gasteiger partial charge in [0.15, 0.2) is 0 Å². The molecular weight excluding hydrogens is 346 g/mol. The zero-order chi connectivity index (χ0) is 17.9. The molecule has 1 aromatic carbocycles. The first-order chi connectivity index (χ1) is 12.7. The number of nitrogens with zero attached hydrogens (tertiary/aromatic N) is 2. The van der Waals surface area contributed by atoms with E-state index in [0.29, 0.717) is 11.7 Å². The second-order valence-electron chi connectivity index (χ2n) is 7.22. The van der Waals surface area contributed by atoms with Gasteiger partial charge >= 0.3 is 0 Å². The summed E-state index contributed by atoms with van der Waals surface area (Å²) in [4.78, 5) is 21.2. The Morgan fingerprint density at radius 1 is 1.23 bits per heavy atom. The highest BCUT2D eigenvalue weighted by Gasteiger charge is 2.29. The number of ether oxygens (including phenoxy) is 1. The Balaban J connectivity index is 1.56. The molecule has 2 fully saturated rings. The fraction of sp³-hybridized carbons (Fsp3) is 0.550. The molecule has 0 aliphatic carbocycles. The van der Waals surface area contributed by atoms with Crippen LogP contribution in [-0.2, 0) is 0 Å². The minimum atomic E-state index is 0.131. The normalized spacial score (nSPS) is 21.9.